The summed E-state index contributed by atoms with van der Waals surface area (Å²) in [4.78, 5) is 13.2. The van der Waals surface area contributed by atoms with Crippen LogP contribution in [0.5, 0.6) is 5.75 Å². The Morgan fingerprint density at radius 3 is 2.31 bits per heavy atom. The number of carbonyl (C=O) groups excluding carboxylic acids is 1. The molecule has 2 aromatic carbocycles. The van der Waals surface area contributed by atoms with Crippen LogP contribution in [0.15, 0.2) is 75.3 Å². The maximum Gasteiger partial charge on any atom is 0.336 e. The zero-order valence-electron chi connectivity index (χ0n) is 18.4. The highest BCUT2D eigenvalue weighted by Crippen LogP contribution is 2.45. The molecule has 1 unspecified atom stereocenters. The number of methoxy groups -OCH3 is 1. The average Bonchev–Trinajstić information content (AvgIpc) is 2.77. The second-order valence-electron chi connectivity index (χ2n) is 7.42. The van der Waals surface area contributed by atoms with Crippen molar-refractivity contribution >= 4 is 27.4 Å². The number of ether oxygens (including phenoxy) is 2. The summed E-state index contributed by atoms with van der Waals surface area (Å²) in [7, 11) is -2.49. The molecule has 0 bridgehead atoms. The van der Waals surface area contributed by atoms with Crippen molar-refractivity contribution in [2.75, 3.05) is 13.7 Å². The summed E-state index contributed by atoms with van der Waals surface area (Å²) in [6.07, 6.45) is 0.647. The maximum absolute atomic E-state index is 13.8. The third kappa shape index (κ3) is 4.54. The van der Waals surface area contributed by atoms with E-state index in [1.54, 1.807) is 50.2 Å². The quantitative estimate of drug-likeness (QED) is 0.569. The summed E-state index contributed by atoms with van der Waals surface area (Å²) in [6.45, 7) is 5.53. The molecule has 32 heavy (non-hydrogen) atoms. The summed E-state index contributed by atoms with van der Waals surface area (Å²) in [5.74, 6) is -0.947. The van der Waals surface area contributed by atoms with Crippen molar-refractivity contribution in [3.05, 3.63) is 81.0 Å². The lowest BCUT2D eigenvalue weighted by atomic mass is 9.86. The van der Waals surface area contributed by atoms with E-state index in [1.807, 2.05) is 6.92 Å². The van der Waals surface area contributed by atoms with Gasteiger partial charge >= 0.3 is 5.97 Å². The van der Waals surface area contributed by atoms with Gasteiger partial charge in [-0.25, -0.2) is 13.2 Å². The van der Waals surface area contributed by atoms with E-state index < -0.39 is 21.7 Å². The van der Waals surface area contributed by atoms with Crippen LogP contribution in [0.1, 0.15) is 38.7 Å². The smallest absolute Gasteiger partial charge is 0.336 e. The first-order valence-corrected chi connectivity index (χ1v) is 12.1. The minimum atomic E-state index is -4.00. The van der Waals surface area contributed by atoms with Crippen LogP contribution in [-0.4, -0.2) is 28.1 Å². The molecule has 6 nitrogen and oxygen atoms in total. The molecule has 1 atom stereocenters. The first-order valence-electron chi connectivity index (χ1n) is 10.2. The van der Waals surface area contributed by atoms with Crippen LogP contribution in [0.25, 0.3) is 0 Å². The lowest BCUT2D eigenvalue weighted by Gasteiger charge is -2.31. The predicted octanol–water partition coefficient (Wildman–Crippen LogP) is 4.97. The molecule has 0 amide bonds. The van der Waals surface area contributed by atoms with E-state index in [1.165, 1.54) is 19.2 Å². The number of rotatable bonds is 7. The highest BCUT2D eigenvalue weighted by atomic mass is 35.5. The number of sulfone groups is 1. The van der Waals surface area contributed by atoms with Crippen molar-refractivity contribution in [2.24, 2.45) is 0 Å². The molecule has 0 radical (unpaired) electrons. The Balaban J connectivity index is 2.23. The fourth-order valence-electron chi connectivity index (χ4n) is 3.76. The molecular weight excluding hydrogens is 450 g/mol. The lowest BCUT2D eigenvalue weighted by Crippen LogP contribution is -2.32. The zero-order valence-corrected chi connectivity index (χ0v) is 20.0. The molecule has 0 saturated heterocycles. The van der Waals surface area contributed by atoms with Gasteiger partial charge in [-0.2, -0.15) is 0 Å². The number of hydrogen-bond donors (Lipinski definition) is 1. The molecule has 0 spiro atoms. The molecule has 1 aliphatic heterocycles. The van der Waals surface area contributed by atoms with Gasteiger partial charge in [-0.15, -0.1) is 0 Å². The molecule has 0 saturated carbocycles. The number of halogens is 1. The van der Waals surface area contributed by atoms with E-state index in [2.05, 4.69) is 5.32 Å². The predicted molar refractivity (Wildman–Crippen MR) is 124 cm³/mol. The Kier molecular flexibility index (Phi) is 7.31. The van der Waals surface area contributed by atoms with E-state index in [4.69, 9.17) is 21.1 Å². The lowest BCUT2D eigenvalue weighted by molar-refractivity contribution is -0.139. The van der Waals surface area contributed by atoms with Crippen molar-refractivity contribution < 1.29 is 22.7 Å². The zero-order chi connectivity index (χ0) is 23.5. The summed E-state index contributed by atoms with van der Waals surface area (Å²) >= 11 is 6.50. The van der Waals surface area contributed by atoms with E-state index in [0.29, 0.717) is 34.2 Å². The molecule has 2 aromatic rings. The van der Waals surface area contributed by atoms with E-state index in [-0.39, 0.29) is 22.0 Å². The first kappa shape index (κ1) is 23.9. The van der Waals surface area contributed by atoms with Crippen molar-refractivity contribution in [1.29, 1.82) is 0 Å². The van der Waals surface area contributed by atoms with Gasteiger partial charge in [0.05, 0.1) is 35.0 Å². The van der Waals surface area contributed by atoms with E-state index >= 15 is 0 Å². The number of allylic oxidation sites excluding steroid dienone is 3. The van der Waals surface area contributed by atoms with Gasteiger partial charge in [0.1, 0.15) is 5.75 Å². The van der Waals surface area contributed by atoms with Crippen LogP contribution < -0.4 is 10.1 Å². The molecule has 8 heteroatoms. The van der Waals surface area contributed by atoms with Crippen LogP contribution >= 0.6 is 11.6 Å². The van der Waals surface area contributed by atoms with Crippen molar-refractivity contribution in [1.82, 2.24) is 5.32 Å². The van der Waals surface area contributed by atoms with Crippen LogP contribution in [0.4, 0.5) is 0 Å². The fourth-order valence-corrected chi connectivity index (χ4v) is 5.76. The fraction of sp³-hybridized carbons (Fsp3) is 0.292. The van der Waals surface area contributed by atoms with Crippen molar-refractivity contribution in [2.45, 2.75) is 38.0 Å². The van der Waals surface area contributed by atoms with Gasteiger partial charge in [0.15, 0.2) is 0 Å². The molecule has 3 rings (SSSR count). The van der Waals surface area contributed by atoms with Gasteiger partial charge in [-0.1, -0.05) is 36.7 Å². The van der Waals surface area contributed by atoms with Gasteiger partial charge in [0.2, 0.25) is 9.84 Å². The van der Waals surface area contributed by atoms with Gasteiger partial charge in [-0.05, 0) is 56.2 Å². The molecule has 1 aliphatic rings. The number of esters is 1. The van der Waals surface area contributed by atoms with E-state index in [0.717, 1.165) is 0 Å². The number of hydrogen-bond acceptors (Lipinski definition) is 6. The third-order valence-corrected chi connectivity index (χ3v) is 7.59. The molecule has 1 N–H and O–H groups in total. The van der Waals surface area contributed by atoms with Crippen molar-refractivity contribution in [3.63, 3.8) is 0 Å². The summed E-state index contributed by atoms with van der Waals surface area (Å²) in [5, 5.41) is 3.43. The van der Waals surface area contributed by atoms with Gasteiger partial charge in [0.25, 0.3) is 0 Å². The molecule has 170 valence electrons. The van der Waals surface area contributed by atoms with Crippen LogP contribution in [0, 0.1) is 0 Å². The van der Waals surface area contributed by atoms with Crippen LogP contribution in [0.3, 0.4) is 0 Å². The Hall–Kier alpha value is -2.77. The van der Waals surface area contributed by atoms with Crippen LogP contribution in [-0.2, 0) is 19.4 Å². The molecule has 1 heterocycles. The van der Waals surface area contributed by atoms with Gasteiger partial charge < -0.3 is 14.8 Å². The topological polar surface area (TPSA) is 81.7 Å². The van der Waals surface area contributed by atoms with E-state index in [9.17, 15) is 13.2 Å². The average molecular weight is 476 g/mol. The third-order valence-electron chi connectivity index (χ3n) is 5.23. The molecule has 0 fully saturated rings. The highest BCUT2D eigenvalue weighted by molar-refractivity contribution is 7.95. The summed E-state index contributed by atoms with van der Waals surface area (Å²) in [6, 6.07) is 13.1. The molecule has 0 aromatic heterocycles. The number of dihydropyridines is 1. The summed E-state index contributed by atoms with van der Waals surface area (Å²) < 4.78 is 38.2. The number of nitrogens with one attached hydrogen (secondary N) is 1. The Morgan fingerprint density at radius 2 is 1.72 bits per heavy atom. The largest absolute Gasteiger partial charge is 0.497 e. The highest BCUT2D eigenvalue weighted by Gasteiger charge is 2.41. The number of carbonyl (C=O) groups is 1. The minimum Gasteiger partial charge on any atom is -0.497 e. The normalized spacial score (nSPS) is 16.6. The monoisotopic (exact) mass is 475 g/mol. The van der Waals surface area contributed by atoms with Crippen LogP contribution in [0.2, 0.25) is 5.02 Å². The Bertz CT molecular complexity index is 1180. The summed E-state index contributed by atoms with van der Waals surface area (Å²) in [5.41, 5.74) is 1.70. The Morgan fingerprint density at radius 1 is 1.06 bits per heavy atom. The standard InChI is InChI=1S/C24H26ClNO5S/c1-5-14-31-24(27)21-15(2)26-16(3)23(22(21)19-8-6-7-9-20(19)25)32(28,29)18-12-10-17(30-4)11-13-18/h6-13,22,26H,5,14H2,1-4H3. The SMILES string of the molecule is CCCOC(=O)C1=C(C)NC(C)=C(S(=O)(=O)c2ccc(OC)cc2)C1c1ccccc1Cl. The minimum absolute atomic E-state index is 0.0600. The molecular formula is C24H26ClNO5S. The van der Waals surface area contributed by atoms with Gasteiger partial charge in [0, 0.05) is 16.4 Å². The van der Waals surface area contributed by atoms with Crippen molar-refractivity contribution in [3.8, 4) is 5.75 Å². The second-order valence-corrected chi connectivity index (χ2v) is 9.75. The Labute approximate surface area is 193 Å². The van der Waals surface area contributed by atoms with Gasteiger partial charge in [-0.3, -0.25) is 0 Å². The second kappa shape index (κ2) is 9.79. The number of benzene rings is 2. The maximum atomic E-state index is 13.8. The molecule has 0 aliphatic carbocycles. The first-order chi connectivity index (χ1) is 15.2.